The van der Waals surface area contributed by atoms with E-state index in [1.54, 1.807) is 0 Å². The van der Waals surface area contributed by atoms with Gasteiger partial charge in [-0.25, -0.2) is 0 Å². The van der Waals surface area contributed by atoms with Crippen LogP contribution in [0, 0.1) is 0 Å². The van der Waals surface area contributed by atoms with Crippen molar-refractivity contribution in [3.8, 4) is 0 Å². The Labute approximate surface area is 369 Å². The number of benzene rings is 9. The molecule has 0 unspecified atom stereocenters. The van der Waals surface area contributed by atoms with E-state index >= 15 is 0 Å². The second-order valence-corrected chi connectivity index (χ2v) is 18.3. The monoisotopic (exact) mass is 832 g/mol. The molecule has 3 aromatic heterocycles. The van der Waals surface area contributed by atoms with Crippen LogP contribution in [-0.4, -0.2) is 0 Å². The first-order chi connectivity index (χ1) is 30.9. The molecule has 9 aromatic carbocycles. The third-order valence-electron chi connectivity index (χ3n) is 12.8. The molecule has 4 nitrogen and oxygen atoms in total. The summed E-state index contributed by atoms with van der Waals surface area (Å²) in [4.78, 5) is 4.92. The molecule has 0 atom stereocenters. The van der Waals surface area contributed by atoms with Crippen molar-refractivity contribution in [2.24, 2.45) is 0 Å². The van der Waals surface area contributed by atoms with E-state index in [4.69, 9.17) is 8.83 Å². The fraction of sp³-hybridized carbons (Fsp3) is 0.103. The van der Waals surface area contributed by atoms with Crippen LogP contribution >= 0.6 is 11.3 Å². The summed E-state index contributed by atoms with van der Waals surface area (Å²) in [7, 11) is 0. The van der Waals surface area contributed by atoms with Gasteiger partial charge in [0.1, 0.15) is 11.2 Å². The zero-order chi connectivity index (χ0) is 42.3. The Hall–Kier alpha value is -7.34. The smallest absolute Gasteiger partial charge is 0.159 e. The lowest BCUT2D eigenvalue weighted by atomic mass is 9.96. The molecular formula is C58H44N2O2S. The van der Waals surface area contributed by atoms with Crippen molar-refractivity contribution in [2.45, 2.75) is 39.5 Å². The Bertz CT molecular complexity index is 3700. The van der Waals surface area contributed by atoms with Gasteiger partial charge in [-0.2, -0.15) is 0 Å². The molecule has 0 saturated carbocycles. The predicted octanol–water partition coefficient (Wildman–Crippen LogP) is 18.2. The van der Waals surface area contributed by atoms with Crippen molar-refractivity contribution in [3.05, 3.63) is 193 Å². The summed E-state index contributed by atoms with van der Waals surface area (Å²) in [6, 6.07) is 66.0. The van der Waals surface area contributed by atoms with Crippen LogP contribution in [0.25, 0.3) is 74.8 Å². The summed E-state index contributed by atoms with van der Waals surface area (Å²) in [5.74, 6) is 0.799. The zero-order valence-corrected chi connectivity index (χ0v) is 36.4. The van der Waals surface area contributed by atoms with Crippen molar-refractivity contribution in [3.63, 3.8) is 0 Å². The van der Waals surface area contributed by atoms with Crippen molar-refractivity contribution >= 4 is 120 Å². The lowest BCUT2D eigenvalue weighted by Gasteiger charge is -2.32. The second kappa shape index (κ2) is 14.6. The van der Waals surface area contributed by atoms with Crippen LogP contribution < -0.4 is 9.80 Å². The number of hydrogen-bond acceptors (Lipinski definition) is 5. The number of nitrogens with zero attached hydrogens (tertiary/aromatic N) is 2. The Morgan fingerprint density at radius 1 is 0.381 bits per heavy atom. The number of fused-ring (bicyclic) bond motifs is 10. The topological polar surface area (TPSA) is 32.8 Å². The van der Waals surface area contributed by atoms with Gasteiger partial charge in [0, 0.05) is 59.2 Å². The lowest BCUT2D eigenvalue weighted by Crippen LogP contribution is -2.14. The minimum Gasteiger partial charge on any atom is -0.454 e. The molecule has 0 fully saturated rings. The van der Waals surface area contributed by atoms with Crippen LogP contribution in [0.15, 0.2) is 191 Å². The van der Waals surface area contributed by atoms with Gasteiger partial charge in [-0.1, -0.05) is 155 Å². The van der Waals surface area contributed by atoms with Crippen molar-refractivity contribution in [1.29, 1.82) is 0 Å². The molecule has 12 aromatic rings. The van der Waals surface area contributed by atoms with E-state index in [9.17, 15) is 0 Å². The first-order valence-electron chi connectivity index (χ1n) is 21.9. The molecule has 0 aliphatic heterocycles. The van der Waals surface area contributed by atoms with Crippen LogP contribution in [0.3, 0.4) is 0 Å². The Morgan fingerprint density at radius 2 is 0.794 bits per heavy atom. The van der Waals surface area contributed by atoms with Gasteiger partial charge < -0.3 is 18.6 Å². The Kier molecular flexibility index (Phi) is 8.70. The largest absolute Gasteiger partial charge is 0.454 e. The van der Waals surface area contributed by atoms with Gasteiger partial charge in [0.05, 0.1) is 27.4 Å². The average Bonchev–Trinajstić information content (AvgIpc) is 4.02. The molecule has 0 bridgehead atoms. The van der Waals surface area contributed by atoms with Crippen LogP contribution in [-0.2, 0) is 0 Å². The van der Waals surface area contributed by atoms with E-state index in [0.717, 1.165) is 88.8 Å². The van der Waals surface area contributed by atoms with Crippen molar-refractivity contribution in [2.75, 3.05) is 9.80 Å². The molecule has 0 radical (unpaired) electrons. The zero-order valence-electron chi connectivity index (χ0n) is 35.6. The molecule has 0 aliphatic carbocycles. The molecule has 63 heavy (non-hydrogen) atoms. The number of hydrogen-bond donors (Lipinski definition) is 0. The molecule has 0 aliphatic rings. The molecule has 3 heterocycles. The summed E-state index contributed by atoms with van der Waals surface area (Å²) in [6.07, 6.45) is 0. The quantitative estimate of drug-likeness (QED) is 0.143. The number of para-hydroxylation sites is 4. The molecule has 12 rings (SSSR count). The van der Waals surface area contributed by atoms with E-state index in [1.807, 2.05) is 23.5 Å². The standard InChI is InChI=1S/C58H44N2O2S/c1-35(2)37-27-31-39(32-28-37)59(48-22-13-20-45-41-15-7-10-24-50(41)61-56(45)48)54-43-17-5-6-18-44(43)55(58-53(54)47-19-9-12-26-52(47)63-58)60(40-33-29-38(30-34-40)36(3)4)49-23-14-21-46-42-16-8-11-25-51(42)62-57(46)49/h5-36H,1-4H3. The van der Waals surface area contributed by atoms with Crippen molar-refractivity contribution in [1.82, 2.24) is 0 Å². The SMILES string of the molecule is CC(C)c1ccc(N(c2cccc3c2oc2ccccc23)c2c3ccccc3c(N(c3ccc(C(C)C)cc3)c3cccc4c3oc3ccccc34)c3c2sc2ccccc23)cc1. The average molecular weight is 833 g/mol. The number of furan rings is 2. The van der Waals surface area contributed by atoms with Gasteiger partial charge in [-0.3, -0.25) is 0 Å². The number of anilines is 6. The molecule has 0 spiro atoms. The van der Waals surface area contributed by atoms with E-state index in [2.05, 4.69) is 207 Å². The van der Waals surface area contributed by atoms with Gasteiger partial charge in [0.2, 0.25) is 0 Å². The first-order valence-corrected chi connectivity index (χ1v) is 22.7. The second-order valence-electron chi connectivity index (χ2n) is 17.2. The Balaban J connectivity index is 1.24. The maximum absolute atomic E-state index is 6.87. The fourth-order valence-electron chi connectivity index (χ4n) is 9.67. The highest BCUT2D eigenvalue weighted by Crippen LogP contribution is 2.57. The van der Waals surface area contributed by atoms with Gasteiger partial charge in [-0.05, 0) is 77.6 Å². The predicted molar refractivity (Wildman–Crippen MR) is 269 cm³/mol. The molecule has 304 valence electrons. The highest BCUT2D eigenvalue weighted by Gasteiger charge is 2.31. The summed E-state index contributed by atoms with van der Waals surface area (Å²) in [5, 5.41) is 9.05. The van der Waals surface area contributed by atoms with Crippen molar-refractivity contribution < 1.29 is 8.83 Å². The van der Waals surface area contributed by atoms with Gasteiger partial charge >= 0.3 is 0 Å². The summed E-state index contributed by atoms with van der Waals surface area (Å²) in [5.41, 5.74) is 12.4. The van der Waals surface area contributed by atoms with Crippen LogP contribution in [0.1, 0.15) is 50.7 Å². The van der Waals surface area contributed by atoms with E-state index in [1.165, 1.54) is 31.3 Å². The van der Waals surface area contributed by atoms with E-state index in [0.29, 0.717) is 11.8 Å². The molecular weight excluding hydrogens is 789 g/mol. The highest BCUT2D eigenvalue weighted by molar-refractivity contribution is 7.26. The van der Waals surface area contributed by atoms with Gasteiger partial charge in [-0.15, -0.1) is 11.3 Å². The number of thiophene rings is 1. The molecule has 0 amide bonds. The normalized spacial score (nSPS) is 12.1. The maximum atomic E-state index is 6.87. The third kappa shape index (κ3) is 5.87. The highest BCUT2D eigenvalue weighted by atomic mass is 32.1. The Morgan fingerprint density at radius 3 is 1.30 bits per heavy atom. The lowest BCUT2D eigenvalue weighted by molar-refractivity contribution is 0.668. The van der Waals surface area contributed by atoms with Crippen LogP contribution in [0.2, 0.25) is 0 Å². The van der Waals surface area contributed by atoms with E-state index < -0.39 is 0 Å². The molecule has 0 N–H and O–H groups in total. The minimum absolute atomic E-state index is 0.399. The van der Waals surface area contributed by atoms with Crippen LogP contribution in [0.5, 0.6) is 0 Å². The minimum atomic E-state index is 0.399. The fourth-order valence-corrected chi connectivity index (χ4v) is 10.9. The first kappa shape index (κ1) is 37.4. The van der Waals surface area contributed by atoms with Gasteiger partial charge in [0.15, 0.2) is 11.2 Å². The number of rotatable bonds is 8. The van der Waals surface area contributed by atoms with Gasteiger partial charge in [0.25, 0.3) is 0 Å². The molecule has 0 saturated heterocycles. The maximum Gasteiger partial charge on any atom is 0.159 e. The molecule has 5 heteroatoms. The third-order valence-corrected chi connectivity index (χ3v) is 14.0. The summed E-state index contributed by atoms with van der Waals surface area (Å²) < 4.78 is 16.1. The summed E-state index contributed by atoms with van der Waals surface area (Å²) >= 11 is 1.85. The van der Waals surface area contributed by atoms with Crippen LogP contribution in [0.4, 0.5) is 34.1 Å². The van der Waals surface area contributed by atoms with E-state index in [-0.39, 0.29) is 0 Å². The summed E-state index contributed by atoms with van der Waals surface area (Å²) in [6.45, 7) is 9.01.